The summed E-state index contributed by atoms with van der Waals surface area (Å²) in [5.74, 6) is 0.980. The zero-order valence-electron chi connectivity index (χ0n) is 11.0. The molecule has 1 heterocycles. The lowest BCUT2D eigenvalue weighted by atomic mass is 10.00. The number of hydrogen-bond donors (Lipinski definition) is 1. The standard InChI is InChI=1S/C14H15BrFNO2/c1-8-4-9(7-19-8)14(17-2)10-5-11(15)12(16)6-13(10)18-3/h4-7,14,17H,1-3H3. The molecule has 0 spiro atoms. The largest absolute Gasteiger partial charge is 0.496 e. The second-order valence-electron chi connectivity index (χ2n) is 4.22. The van der Waals surface area contributed by atoms with Gasteiger partial charge in [-0.2, -0.15) is 0 Å². The van der Waals surface area contributed by atoms with E-state index in [4.69, 9.17) is 9.15 Å². The highest BCUT2D eigenvalue weighted by atomic mass is 79.9. The SMILES string of the molecule is CNC(c1coc(C)c1)c1cc(Br)c(F)cc1OC. The van der Waals surface area contributed by atoms with Gasteiger partial charge in [0.05, 0.1) is 23.9 Å². The third-order valence-electron chi connectivity index (χ3n) is 2.96. The van der Waals surface area contributed by atoms with Gasteiger partial charge >= 0.3 is 0 Å². The Bertz CT molecular complexity index is 583. The molecule has 0 bridgehead atoms. The number of ether oxygens (including phenoxy) is 1. The van der Waals surface area contributed by atoms with Gasteiger partial charge < -0.3 is 14.5 Å². The molecule has 5 heteroatoms. The topological polar surface area (TPSA) is 34.4 Å². The van der Waals surface area contributed by atoms with Crippen LogP contribution in [0, 0.1) is 12.7 Å². The fourth-order valence-corrected chi connectivity index (χ4v) is 2.42. The van der Waals surface area contributed by atoms with E-state index in [2.05, 4.69) is 21.2 Å². The maximum absolute atomic E-state index is 13.6. The molecular formula is C14H15BrFNO2. The highest BCUT2D eigenvalue weighted by Crippen LogP contribution is 2.34. The fourth-order valence-electron chi connectivity index (χ4n) is 2.06. The fraction of sp³-hybridized carbons (Fsp3) is 0.286. The summed E-state index contributed by atoms with van der Waals surface area (Å²) in [5, 5.41) is 3.19. The van der Waals surface area contributed by atoms with E-state index in [0.717, 1.165) is 16.9 Å². The van der Waals surface area contributed by atoms with Gasteiger partial charge in [0.15, 0.2) is 0 Å². The van der Waals surface area contributed by atoms with Crippen molar-refractivity contribution in [1.29, 1.82) is 0 Å². The minimum Gasteiger partial charge on any atom is -0.496 e. The van der Waals surface area contributed by atoms with E-state index >= 15 is 0 Å². The first kappa shape index (κ1) is 14.1. The van der Waals surface area contributed by atoms with E-state index in [0.29, 0.717) is 10.2 Å². The lowest BCUT2D eigenvalue weighted by Gasteiger charge is -2.18. The Kier molecular flexibility index (Phi) is 4.27. The molecule has 1 aromatic heterocycles. The van der Waals surface area contributed by atoms with Crippen LogP contribution >= 0.6 is 15.9 Å². The molecule has 0 aliphatic carbocycles. The maximum Gasteiger partial charge on any atom is 0.141 e. The van der Waals surface area contributed by atoms with Crippen molar-refractivity contribution in [3.05, 3.63) is 51.6 Å². The zero-order chi connectivity index (χ0) is 14.0. The van der Waals surface area contributed by atoms with Crippen LogP contribution in [0.2, 0.25) is 0 Å². The monoisotopic (exact) mass is 327 g/mol. The maximum atomic E-state index is 13.6. The predicted octanol–water partition coefficient (Wildman–Crippen LogP) is 3.81. The summed E-state index contributed by atoms with van der Waals surface area (Å²) in [6.07, 6.45) is 1.69. The Morgan fingerprint density at radius 1 is 1.37 bits per heavy atom. The molecule has 1 atom stereocenters. The van der Waals surface area contributed by atoms with Gasteiger partial charge in [0.25, 0.3) is 0 Å². The highest BCUT2D eigenvalue weighted by molar-refractivity contribution is 9.10. The van der Waals surface area contributed by atoms with Crippen LogP contribution in [0.25, 0.3) is 0 Å². The zero-order valence-corrected chi connectivity index (χ0v) is 12.5. The van der Waals surface area contributed by atoms with Gasteiger partial charge in [0, 0.05) is 17.2 Å². The molecule has 0 saturated heterocycles. The van der Waals surface area contributed by atoms with Crippen molar-refractivity contribution in [3.63, 3.8) is 0 Å². The van der Waals surface area contributed by atoms with E-state index in [1.54, 1.807) is 12.3 Å². The Hall–Kier alpha value is -1.33. The summed E-state index contributed by atoms with van der Waals surface area (Å²) in [4.78, 5) is 0. The average Bonchev–Trinajstić information content (AvgIpc) is 2.81. The Morgan fingerprint density at radius 3 is 2.63 bits per heavy atom. The van der Waals surface area contributed by atoms with Crippen LogP contribution < -0.4 is 10.1 Å². The highest BCUT2D eigenvalue weighted by Gasteiger charge is 2.20. The van der Waals surface area contributed by atoms with E-state index in [1.807, 2.05) is 20.0 Å². The molecule has 0 aliphatic heterocycles. The first-order chi connectivity index (χ1) is 9.06. The lowest BCUT2D eigenvalue weighted by molar-refractivity contribution is 0.401. The van der Waals surface area contributed by atoms with Crippen molar-refractivity contribution < 1.29 is 13.5 Å². The molecule has 0 radical (unpaired) electrons. The third kappa shape index (κ3) is 2.82. The molecule has 19 heavy (non-hydrogen) atoms. The number of nitrogens with one attached hydrogen (secondary N) is 1. The number of hydrogen-bond acceptors (Lipinski definition) is 3. The summed E-state index contributed by atoms with van der Waals surface area (Å²) in [7, 11) is 3.36. The number of rotatable bonds is 4. The quantitative estimate of drug-likeness (QED) is 0.927. The van der Waals surface area contributed by atoms with Crippen molar-refractivity contribution in [1.82, 2.24) is 5.32 Å². The summed E-state index contributed by atoms with van der Waals surface area (Å²) in [5.41, 5.74) is 1.82. The molecule has 1 aromatic carbocycles. The van der Waals surface area contributed by atoms with Gasteiger partial charge in [-0.1, -0.05) is 0 Å². The number of furan rings is 1. The first-order valence-corrected chi connectivity index (χ1v) is 6.61. The molecule has 2 aromatic rings. The minimum atomic E-state index is -0.348. The molecule has 2 rings (SSSR count). The molecule has 1 N–H and O–H groups in total. The summed E-state index contributed by atoms with van der Waals surface area (Å²) < 4.78 is 24.6. The second kappa shape index (κ2) is 5.75. The van der Waals surface area contributed by atoms with E-state index in [-0.39, 0.29) is 11.9 Å². The first-order valence-electron chi connectivity index (χ1n) is 5.82. The van der Waals surface area contributed by atoms with Crippen molar-refractivity contribution in [2.75, 3.05) is 14.2 Å². The molecule has 0 saturated carbocycles. The molecule has 102 valence electrons. The molecule has 0 amide bonds. The van der Waals surface area contributed by atoms with Gasteiger partial charge in [0.2, 0.25) is 0 Å². The molecule has 0 aliphatic rings. The molecule has 3 nitrogen and oxygen atoms in total. The summed E-state index contributed by atoms with van der Waals surface area (Å²) in [6, 6.07) is 4.91. The number of benzene rings is 1. The number of aryl methyl sites for hydroxylation is 1. The Morgan fingerprint density at radius 2 is 2.11 bits per heavy atom. The summed E-state index contributed by atoms with van der Waals surface area (Å²) in [6.45, 7) is 1.88. The van der Waals surface area contributed by atoms with Crippen LogP contribution in [0.1, 0.15) is 22.9 Å². The van der Waals surface area contributed by atoms with Gasteiger partial charge in [-0.05, 0) is 42.0 Å². The lowest BCUT2D eigenvalue weighted by Crippen LogP contribution is -2.18. The predicted molar refractivity (Wildman–Crippen MR) is 75.0 cm³/mol. The van der Waals surface area contributed by atoms with Crippen molar-refractivity contribution in [2.24, 2.45) is 0 Å². The normalized spacial score (nSPS) is 12.5. The Balaban J connectivity index is 2.51. The number of halogens is 2. The number of methoxy groups -OCH3 is 1. The minimum absolute atomic E-state index is 0.121. The van der Waals surface area contributed by atoms with Gasteiger partial charge in [0.1, 0.15) is 17.3 Å². The van der Waals surface area contributed by atoms with Crippen LogP contribution in [0.4, 0.5) is 4.39 Å². The van der Waals surface area contributed by atoms with Crippen LogP contribution in [0.5, 0.6) is 5.75 Å². The van der Waals surface area contributed by atoms with Gasteiger partial charge in [-0.25, -0.2) is 4.39 Å². The van der Waals surface area contributed by atoms with Crippen LogP contribution in [0.15, 0.2) is 33.4 Å². The molecular weight excluding hydrogens is 313 g/mol. The van der Waals surface area contributed by atoms with Crippen molar-refractivity contribution in [3.8, 4) is 5.75 Å². The van der Waals surface area contributed by atoms with E-state index in [1.165, 1.54) is 13.2 Å². The van der Waals surface area contributed by atoms with Gasteiger partial charge in [-0.15, -0.1) is 0 Å². The van der Waals surface area contributed by atoms with Crippen LogP contribution in [0.3, 0.4) is 0 Å². The van der Waals surface area contributed by atoms with Crippen LogP contribution in [-0.2, 0) is 0 Å². The third-order valence-corrected chi connectivity index (χ3v) is 3.56. The Labute approximate surface area is 119 Å². The van der Waals surface area contributed by atoms with Gasteiger partial charge in [-0.3, -0.25) is 0 Å². The van der Waals surface area contributed by atoms with E-state index < -0.39 is 0 Å². The van der Waals surface area contributed by atoms with Crippen molar-refractivity contribution in [2.45, 2.75) is 13.0 Å². The summed E-state index contributed by atoms with van der Waals surface area (Å²) >= 11 is 3.20. The smallest absolute Gasteiger partial charge is 0.141 e. The average molecular weight is 328 g/mol. The van der Waals surface area contributed by atoms with E-state index in [9.17, 15) is 4.39 Å². The molecule has 0 fully saturated rings. The van der Waals surface area contributed by atoms with Crippen LogP contribution in [-0.4, -0.2) is 14.2 Å². The van der Waals surface area contributed by atoms with Crippen molar-refractivity contribution >= 4 is 15.9 Å². The second-order valence-corrected chi connectivity index (χ2v) is 5.07. The molecule has 1 unspecified atom stereocenters.